The van der Waals surface area contributed by atoms with Crippen LogP contribution >= 0.6 is 0 Å². The molecule has 7 heteroatoms. The van der Waals surface area contributed by atoms with Crippen LogP contribution in [0.25, 0.3) is 11.0 Å². The molecule has 0 saturated carbocycles. The van der Waals surface area contributed by atoms with Crippen LogP contribution in [0.4, 0.5) is 4.39 Å². The summed E-state index contributed by atoms with van der Waals surface area (Å²) < 4.78 is 22.1. The van der Waals surface area contributed by atoms with E-state index in [1.807, 2.05) is 47.8 Å². The Morgan fingerprint density at radius 1 is 1.36 bits per heavy atom. The van der Waals surface area contributed by atoms with Gasteiger partial charge < -0.3 is 14.3 Å². The molecular formula is C18H22FN5O. The first-order chi connectivity index (χ1) is 12.1. The zero-order valence-corrected chi connectivity index (χ0v) is 14.4. The molecule has 3 heterocycles. The summed E-state index contributed by atoms with van der Waals surface area (Å²) in [5.74, 6) is 1.66. The van der Waals surface area contributed by atoms with E-state index in [2.05, 4.69) is 15.0 Å². The molecule has 132 valence electrons. The number of benzene rings is 1. The maximum atomic E-state index is 14.3. The first kappa shape index (κ1) is 16.2. The van der Waals surface area contributed by atoms with Crippen LogP contribution in [-0.4, -0.2) is 49.8 Å². The first-order valence-electron chi connectivity index (χ1n) is 8.48. The number of likely N-dealkylation sites (tertiary alicyclic amines) is 1. The van der Waals surface area contributed by atoms with Gasteiger partial charge in [0.1, 0.15) is 30.5 Å². The van der Waals surface area contributed by atoms with E-state index in [9.17, 15) is 4.39 Å². The maximum Gasteiger partial charge on any atom is 0.140 e. The van der Waals surface area contributed by atoms with Crippen LogP contribution in [0.3, 0.4) is 0 Å². The molecule has 4 rings (SSSR count). The summed E-state index contributed by atoms with van der Waals surface area (Å²) in [7, 11) is 1.95. The highest BCUT2D eigenvalue weighted by atomic mass is 19.1. The Morgan fingerprint density at radius 3 is 3.04 bits per heavy atom. The van der Waals surface area contributed by atoms with Crippen LogP contribution in [0, 0.1) is 6.92 Å². The lowest BCUT2D eigenvalue weighted by Crippen LogP contribution is -2.25. The number of hydrogen-bond donors (Lipinski definition) is 1. The van der Waals surface area contributed by atoms with Gasteiger partial charge in [0.25, 0.3) is 0 Å². The van der Waals surface area contributed by atoms with Crippen LogP contribution in [0.2, 0.25) is 0 Å². The molecule has 0 aliphatic carbocycles. The van der Waals surface area contributed by atoms with Crippen molar-refractivity contribution < 1.29 is 9.13 Å². The lowest BCUT2D eigenvalue weighted by molar-refractivity contribution is 0.00857. The predicted molar refractivity (Wildman–Crippen MR) is 92.8 cm³/mol. The Balaban J connectivity index is 1.36. The number of ether oxygens (including phenoxy) is 1. The number of aromatic nitrogens is 4. The Hall–Kier alpha value is -2.25. The van der Waals surface area contributed by atoms with Crippen molar-refractivity contribution in [1.29, 1.82) is 0 Å². The van der Waals surface area contributed by atoms with Crippen LogP contribution in [0.15, 0.2) is 30.6 Å². The van der Waals surface area contributed by atoms with Gasteiger partial charge in [0.15, 0.2) is 0 Å². The normalized spacial score (nSPS) is 21.4. The quantitative estimate of drug-likeness (QED) is 0.773. The van der Waals surface area contributed by atoms with Gasteiger partial charge in [-0.15, -0.1) is 0 Å². The standard InChI is InChI=1S/C18H22FN5O/c1-12-3-4-14-15(7-12)22-17(21-14)11-25-16-9-24(8-13(16)19)10-18-20-5-6-23(18)2/h3-7,13,16H,8-11H2,1-2H3,(H,21,22). The fourth-order valence-corrected chi connectivity index (χ4v) is 3.27. The van der Waals surface area contributed by atoms with E-state index in [1.165, 1.54) is 5.56 Å². The van der Waals surface area contributed by atoms with Gasteiger partial charge in [-0.3, -0.25) is 4.90 Å². The van der Waals surface area contributed by atoms with Crippen molar-refractivity contribution in [2.45, 2.75) is 32.4 Å². The van der Waals surface area contributed by atoms with Crippen molar-refractivity contribution in [2.24, 2.45) is 7.05 Å². The van der Waals surface area contributed by atoms with Crippen molar-refractivity contribution in [3.8, 4) is 0 Å². The Kier molecular flexibility index (Phi) is 4.27. The molecule has 1 saturated heterocycles. The van der Waals surface area contributed by atoms with Crippen LogP contribution in [-0.2, 0) is 24.9 Å². The van der Waals surface area contributed by atoms with Gasteiger partial charge in [-0.1, -0.05) is 6.07 Å². The van der Waals surface area contributed by atoms with E-state index < -0.39 is 12.3 Å². The highest BCUT2D eigenvalue weighted by molar-refractivity contribution is 5.75. The van der Waals surface area contributed by atoms with Crippen molar-refractivity contribution in [3.63, 3.8) is 0 Å². The molecule has 1 aromatic carbocycles. The summed E-state index contributed by atoms with van der Waals surface area (Å²) in [6.07, 6.45) is 2.23. The lowest BCUT2D eigenvalue weighted by atomic mass is 10.2. The van der Waals surface area contributed by atoms with Gasteiger partial charge in [-0.25, -0.2) is 14.4 Å². The molecule has 1 N–H and O–H groups in total. The molecule has 25 heavy (non-hydrogen) atoms. The van der Waals surface area contributed by atoms with Crippen molar-refractivity contribution in [2.75, 3.05) is 13.1 Å². The molecule has 1 fully saturated rings. The van der Waals surface area contributed by atoms with Gasteiger partial charge in [0, 0.05) is 32.5 Å². The molecule has 0 amide bonds. The number of fused-ring (bicyclic) bond motifs is 1. The fourth-order valence-electron chi connectivity index (χ4n) is 3.27. The number of H-pyrrole nitrogens is 1. The number of nitrogens with one attached hydrogen (secondary N) is 1. The van der Waals surface area contributed by atoms with Crippen LogP contribution < -0.4 is 0 Å². The highest BCUT2D eigenvalue weighted by Crippen LogP contribution is 2.20. The summed E-state index contributed by atoms with van der Waals surface area (Å²) in [4.78, 5) is 14.1. The number of halogens is 1. The molecule has 0 radical (unpaired) electrons. The van der Waals surface area contributed by atoms with Crippen molar-refractivity contribution in [1.82, 2.24) is 24.4 Å². The lowest BCUT2D eigenvalue weighted by Gasteiger charge is -2.15. The first-order valence-corrected chi connectivity index (χ1v) is 8.48. The monoisotopic (exact) mass is 343 g/mol. The molecule has 0 spiro atoms. The van der Waals surface area contributed by atoms with Gasteiger partial charge >= 0.3 is 0 Å². The Morgan fingerprint density at radius 2 is 2.24 bits per heavy atom. The summed E-state index contributed by atoms with van der Waals surface area (Å²) in [5, 5.41) is 0. The third-order valence-electron chi connectivity index (χ3n) is 4.68. The average molecular weight is 343 g/mol. The Bertz CT molecular complexity index is 873. The van der Waals surface area contributed by atoms with E-state index in [0.717, 1.165) is 22.7 Å². The van der Waals surface area contributed by atoms with Crippen LogP contribution in [0.1, 0.15) is 17.2 Å². The van der Waals surface area contributed by atoms with E-state index in [1.54, 1.807) is 6.20 Å². The maximum absolute atomic E-state index is 14.3. The van der Waals surface area contributed by atoms with Gasteiger partial charge in [0.05, 0.1) is 17.6 Å². The number of aryl methyl sites for hydroxylation is 2. The van der Waals surface area contributed by atoms with Crippen LogP contribution in [0.5, 0.6) is 0 Å². The minimum Gasteiger partial charge on any atom is -0.366 e. The molecule has 2 unspecified atom stereocenters. The Labute approximate surface area is 145 Å². The third kappa shape index (κ3) is 3.43. The second kappa shape index (κ2) is 6.57. The number of nitrogens with zero attached hydrogens (tertiary/aromatic N) is 4. The second-order valence-electron chi connectivity index (χ2n) is 6.72. The summed E-state index contributed by atoms with van der Waals surface area (Å²) in [6.45, 7) is 3.89. The van der Waals surface area contributed by atoms with E-state index in [-0.39, 0.29) is 6.61 Å². The molecule has 2 aromatic heterocycles. The topological polar surface area (TPSA) is 59.0 Å². The average Bonchev–Trinajstić information content (AvgIpc) is 3.25. The zero-order valence-electron chi connectivity index (χ0n) is 14.4. The van der Waals surface area contributed by atoms with Gasteiger partial charge in [0.2, 0.25) is 0 Å². The van der Waals surface area contributed by atoms with E-state index in [0.29, 0.717) is 19.6 Å². The van der Waals surface area contributed by atoms with Gasteiger partial charge in [-0.05, 0) is 24.6 Å². The predicted octanol–water partition coefficient (Wildman–Crippen LogP) is 2.34. The summed E-state index contributed by atoms with van der Waals surface area (Å²) in [5.41, 5.74) is 3.07. The fraction of sp³-hybridized carbons (Fsp3) is 0.444. The third-order valence-corrected chi connectivity index (χ3v) is 4.68. The highest BCUT2D eigenvalue weighted by Gasteiger charge is 2.34. The summed E-state index contributed by atoms with van der Waals surface area (Å²) >= 11 is 0. The molecule has 6 nitrogen and oxygen atoms in total. The SMILES string of the molecule is Cc1ccc2nc(COC3CN(Cc4nccn4C)CC3F)[nH]c2c1. The number of hydrogen-bond acceptors (Lipinski definition) is 4. The number of rotatable bonds is 5. The molecular weight excluding hydrogens is 321 g/mol. The molecule has 3 aromatic rings. The largest absolute Gasteiger partial charge is 0.366 e. The molecule has 1 aliphatic rings. The zero-order chi connectivity index (χ0) is 17.4. The smallest absolute Gasteiger partial charge is 0.140 e. The number of imidazole rings is 2. The number of alkyl halides is 1. The molecule has 0 bridgehead atoms. The van der Waals surface area contributed by atoms with E-state index >= 15 is 0 Å². The van der Waals surface area contributed by atoms with Gasteiger partial charge in [-0.2, -0.15) is 0 Å². The van der Waals surface area contributed by atoms with Crippen molar-refractivity contribution in [3.05, 3.63) is 47.8 Å². The minimum atomic E-state index is -0.994. The molecule has 1 aliphatic heterocycles. The minimum absolute atomic E-state index is 0.287. The second-order valence-corrected chi connectivity index (χ2v) is 6.72. The number of aromatic amines is 1. The van der Waals surface area contributed by atoms with Crippen molar-refractivity contribution >= 4 is 11.0 Å². The molecule has 2 atom stereocenters. The summed E-state index contributed by atoms with van der Waals surface area (Å²) in [6, 6.07) is 6.05. The van der Waals surface area contributed by atoms with E-state index in [4.69, 9.17) is 4.74 Å².